The number of benzene rings is 8. The third kappa shape index (κ3) is 4.62. The number of aromatic nitrogens is 3. The molecular formula is C48H33N3. The predicted molar refractivity (Wildman–Crippen MR) is 212 cm³/mol. The summed E-state index contributed by atoms with van der Waals surface area (Å²) in [5.41, 5.74) is 10.6. The van der Waals surface area contributed by atoms with E-state index in [0.29, 0.717) is 17.5 Å². The Labute approximate surface area is 297 Å². The number of fused-ring (bicyclic) bond motifs is 10. The van der Waals surface area contributed by atoms with Crippen LogP contribution in [0.2, 0.25) is 0 Å². The largest absolute Gasteiger partial charge is 0.208 e. The van der Waals surface area contributed by atoms with Crippen molar-refractivity contribution in [3.63, 3.8) is 0 Å². The first-order chi connectivity index (χ1) is 25.0. The Hall–Kier alpha value is -6.45. The third-order valence-corrected chi connectivity index (χ3v) is 10.7. The first-order valence-corrected chi connectivity index (χ1v) is 17.5. The molecule has 0 amide bonds. The lowest BCUT2D eigenvalue weighted by atomic mass is 9.81. The van der Waals surface area contributed by atoms with Crippen LogP contribution in [-0.2, 0) is 5.41 Å². The average molecular weight is 652 g/mol. The van der Waals surface area contributed by atoms with Crippen LogP contribution in [0.4, 0.5) is 0 Å². The first-order valence-electron chi connectivity index (χ1n) is 17.5. The maximum absolute atomic E-state index is 5.15. The van der Waals surface area contributed by atoms with Gasteiger partial charge in [0, 0.05) is 22.1 Å². The molecule has 0 saturated heterocycles. The van der Waals surface area contributed by atoms with Crippen molar-refractivity contribution < 1.29 is 0 Å². The Morgan fingerprint density at radius 2 is 0.882 bits per heavy atom. The second kappa shape index (κ2) is 11.3. The van der Waals surface area contributed by atoms with Gasteiger partial charge in [-0.3, -0.25) is 0 Å². The van der Waals surface area contributed by atoms with Gasteiger partial charge < -0.3 is 0 Å². The van der Waals surface area contributed by atoms with Gasteiger partial charge >= 0.3 is 0 Å². The summed E-state index contributed by atoms with van der Waals surface area (Å²) in [6.45, 7) is 4.70. The van der Waals surface area contributed by atoms with Crippen LogP contribution >= 0.6 is 0 Å². The Morgan fingerprint density at radius 1 is 0.353 bits per heavy atom. The van der Waals surface area contributed by atoms with Gasteiger partial charge in [0.05, 0.1) is 0 Å². The van der Waals surface area contributed by atoms with Crippen LogP contribution in [0.3, 0.4) is 0 Å². The fraction of sp³-hybridized carbons (Fsp3) is 0.0625. The molecule has 3 nitrogen and oxygen atoms in total. The standard InChI is InChI=1S/C48H33N3/c1-48(2)41-23-12-11-22-39(41)44-42(48)27-26-38-36-25-24-34(29-40(36)35-20-9-10-21-37(35)43(38)44)47-50-45(31-16-7-4-8-17-31)49-46(51-47)33-19-13-18-32(28-33)30-14-5-3-6-15-30/h3-29H,1-2H3. The van der Waals surface area contributed by atoms with Crippen molar-refractivity contribution >= 4 is 32.3 Å². The zero-order valence-corrected chi connectivity index (χ0v) is 28.4. The number of nitrogens with zero attached hydrogens (tertiary/aromatic N) is 3. The van der Waals surface area contributed by atoms with E-state index in [2.05, 4.69) is 153 Å². The normalized spacial score (nSPS) is 13.1. The average Bonchev–Trinajstić information content (AvgIpc) is 3.44. The summed E-state index contributed by atoms with van der Waals surface area (Å²) in [6.07, 6.45) is 0. The molecule has 1 aromatic heterocycles. The van der Waals surface area contributed by atoms with Gasteiger partial charge in [-0.05, 0) is 77.8 Å². The number of hydrogen-bond acceptors (Lipinski definition) is 3. The molecule has 9 aromatic rings. The molecule has 0 spiro atoms. The molecule has 51 heavy (non-hydrogen) atoms. The molecule has 1 heterocycles. The van der Waals surface area contributed by atoms with Crippen LogP contribution in [0.15, 0.2) is 164 Å². The number of rotatable bonds is 4. The second-order valence-corrected chi connectivity index (χ2v) is 14.0. The van der Waals surface area contributed by atoms with Crippen molar-refractivity contribution in [3.8, 4) is 56.4 Å². The zero-order chi connectivity index (χ0) is 34.1. The summed E-state index contributed by atoms with van der Waals surface area (Å²) in [4.78, 5) is 15.3. The van der Waals surface area contributed by atoms with Crippen molar-refractivity contribution in [2.75, 3.05) is 0 Å². The van der Waals surface area contributed by atoms with Crippen molar-refractivity contribution in [2.45, 2.75) is 19.3 Å². The Balaban J connectivity index is 1.20. The van der Waals surface area contributed by atoms with Crippen LogP contribution in [-0.4, -0.2) is 15.0 Å². The molecule has 0 atom stereocenters. The third-order valence-electron chi connectivity index (χ3n) is 10.7. The molecule has 3 heteroatoms. The topological polar surface area (TPSA) is 38.7 Å². The molecule has 10 rings (SSSR count). The SMILES string of the molecule is CC1(C)c2ccccc2-c2c1ccc1c3ccc(-c4nc(-c5ccccc5)nc(-c5cccc(-c6ccccc6)c5)n4)cc3c3ccccc3c21. The van der Waals surface area contributed by atoms with Gasteiger partial charge in [0.15, 0.2) is 17.5 Å². The lowest BCUT2D eigenvalue weighted by molar-refractivity contribution is 0.661. The molecule has 0 aliphatic heterocycles. The van der Waals surface area contributed by atoms with Crippen LogP contribution in [0.1, 0.15) is 25.0 Å². The summed E-state index contributed by atoms with van der Waals surface area (Å²) in [5, 5.41) is 7.50. The maximum Gasteiger partial charge on any atom is 0.164 e. The lowest BCUT2D eigenvalue weighted by Gasteiger charge is -2.22. The Bertz CT molecular complexity index is 2800. The highest BCUT2D eigenvalue weighted by atomic mass is 15.0. The summed E-state index contributed by atoms with van der Waals surface area (Å²) in [5.74, 6) is 1.96. The second-order valence-electron chi connectivity index (χ2n) is 14.0. The van der Waals surface area contributed by atoms with Gasteiger partial charge in [0.2, 0.25) is 0 Å². The van der Waals surface area contributed by atoms with E-state index in [1.807, 2.05) is 24.3 Å². The minimum absolute atomic E-state index is 0.0620. The van der Waals surface area contributed by atoms with Gasteiger partial charge in [0.1, 0.15) is 0 Å². The highest BCUT2D eigenvalue weighted by Gasteiger charge is 2.36. The molecule has 1 aliphatic carbocycles. The maximum atomic E-state index is 5.15. The monoisotopic (exact) mass is 651 g/mol. The van der Waals surface area contributed by atoms with E-state index in [0.717, 1.165) is 27.8 Å². The summed E-state index contributed by atoms with van der Waals surface area (Å²) < 4.78 is 0. The molecule has 1 aliphatic rings. The Morgan fingerprint density at radius 3 is 1.65 bits per heavy atom. The van der Waals surface area contributed by atoms with Gasteiger partial charge in [0.25, 0.3) is 0 Å². The van der Waals surface area contributed by atoms with Crippen LogP contribution in [0, 0.1) is 0 Å². The molecule has 0 unspecified atom stereocenters. The van der Waals surface area contributed by atoms with Crippen molar-refractivity contribution in [2.24, 2.45) is 0 Å². The smallest absolute Gasteiger partial charge is 0.164 e. The molecular weight excluding hydrogens is 619 g/mol. The van der Waals surface area contributed by atoms with E-state index in [1.165, 1.54) is 54.6 Å². The van der Waals surface area contributed by atoms with E-state index in [-0.39, 0.29) is 5.41 Å². The minimum Gasteiger partial charge on any atom is -0.208 e. The minimum atomic E-state index is -0.0620. The van der Waals surface area contributed by atoms with Gasteiger partial charge in [-0.25, -0.2) is 15.0 Å². The molecule has 0 saturated carbocycles. The van der Waals surface area contributed by atoms with Crippen LogP contribution in [0.25, 0.3) is 88.7 Å². The molecule has 0 fully saturated rings. The van der Waals surface area contributed by atoms with Gasteiger partial charge in [-0.2, -0.15) is 0 Å². The van der Waals surface area contributed by atoms with Crippen molar-refractivity contribution in [1.82, 2.24) is 15.0 Å². The molecule has 0 N–H and O–H groups in total. The number of hydrogen-bond donors (Lipinski definition) is 0. The summed E-state index contributed by atoms with van der Waals surface area (Å²) in [6, 6.07) is 58.3. The zero-order valence-electron chi connectivity index (χ0n) is 28.4. The molecule has 0 radical (unpaired) electrons. The van der Waals surface area contributed by atoms with Gasteiger partial charge in [-0.15, -0.1) is 0 Å². The van der Waals surface area contributed by atoms with Gasteiger partial charge in [-0.1, -0.05) is 166 Å². The van der Waals surface area contributed by atoms with Crippen molar-refractivity contribution in [1.29, 1.82) is 0 Å². The Kier molecular flexibility index (Phi) is 6.53. The fourth-order valence-electron chi connectivity index (χ4n) is 8.19. The highest BCUT2D eigenvalue weighted by Crippen LogP contribution is 2.53. The van der Waals surface area contributed by atoms with Crippen LogP contribution in [0.5, 0.6) is 0 Å². The first kappa shape index (κ1) is 29.5. The molecule has 240 valence electrons. The van der Waals surface area contributed by atoms with E-state index in [1.54, 1.807) is 0 Å². The summed E-state index contributed by atoms with van der Waals surface area (Å²) >= 11 is 0. The lowest BCUT2D eigenvalue weighted by Crippen LogP contribution is -2.14. The van der Waals surface area contributed by atoms with E-state index >= 15 is 0 Å². The summed E-state index contributed by atoms with van der Waals surface area (Å²) in [7, 11) is 0. The molecule has 8 aromatic carbocycles. The van der Waals surface area contributed by atoms with E-state index in [9.17, 15) is 0 Å². The highest BCUT2D eigenvalue weighted by molar-refractivity contribution is 6.29. The quantitative estimate of drug-likeness (QED) is 0.178. The fourth-order valence-corrected chi connectivity index (χ4v) is 8.19. The van der Waals surface area contributed by atoms with E-state index < -0.39 is 0 Å². The van der Waals surface area contributed by atoms with E-state index in [4.69, 9.17) is 15.0 Å². The van der Waals surface area contributed by atoms with Crippen molar-refractivity contribution in [3.05, 3.63) is 175 Å². The predicted octanol–water partition coefficient (Wildman–Crippen LogP) is 12.3. The molecule has 0 bridgehead atoms. The van der Waals surface area contributed by atoms with Crippen LogP contribution < -0.4 is 0 Å².